The third-order valence-electron chi connectivity index (χ3n) is 1.33. The Kier molecular flexibility index (Phi) is 2.31. The molecule has 1 rings (SSSR count). The zero-order valence-electron chi connectivity index (χ0n) is 6.59. The lowest BCUT2D eigenvalue weighted by Gasteiger charge is -1.93. The van der Waals surface area contributed by atoms with E-state index in [-0.39, 0.29) is 12.4 Å². The second kappa shape index (κ2) is 3.23. The van der Waals surface area contributed by atoms with Gasteiger partial charge in [0.1, 0.15) is 12.2 Å². The van der Waals surface area contributed by atoms with Crippen molar-refractivity contribution in [2.75, 3.05) is 7.11 Å². The number of hydrogen-bond acceptors (Lipinski definition) is 3. The lowest BCUT2D eigenvalue weighted by Crippen LogP contribution is -2.03. The fourth-order valence-electron chi connectivity index (χ4n) is 0.798. The van der Waals surface area contributed by atoms with Crippen LogP contribution in [0.3, 0.4) is 0 Å². The summed E-state index contributed by atoms with van der Waals surface area (Å²) in [6.07, 6.45) is 1.82. The van der Waals surface area contributed by atoms with E-state index in [2.05, 4.69) is 4.74 Å². The van der Waals surface area contributed by atoms with Gasteiger partial charge in [0.25, 0.3) is 0 Å². The lowest BCUT2D eigenvalue weighted by molar-refractivity contribution is -0.140. The molecule has 0 bridgehead atoms. The molecule has 60 valence electrons. The number of rotatable bonds is 2. The fourth-order valence-corrected chi connectivity index (χ4v) is 0.798. The van der Waals surface area contributed by atoms with Gasteiger partial charge in [0.2, 0.25) is 0 Å². The van der Waals surface area contributed by atoms with Gasteiger partial charge in [0.05, 0.1) is 13.4 Å². The third kappa shape index (κ3) is 2.11. The lowest BCUT2D eigenvalue weighted by atomic mass is 10.3. The van der Waals surface area contributed by atoms with Crippen LogP contribution in [0, 0.1) is 6.92 Å². The van der Waals surface area contributed by atoms with Gasteiger partial charge in [-0.25, -0.2) is 0 Å². The van der Waals surface area contributed by atoms with Crippen molar-refractivity contribution in [1.82, 2.24) is 0 Å². The molecule has 0 N–H and O–H groups in total. The summed E-state index contributed by atoms with van der Waals surface area (Å²) in [5, 5.41) is 0. The maximum Gasteiger partial charge on any atom is 0.313 e. The van der Waals surface area contributed by atoms with Gasteiger partial charge >= 0.3 is 5.97 Å². The summed E-state index contributed by atoms with van der Waals surface area (Å²) in [6.45, 7) is 1.91. The predicted molar refractivity (Wildman–Crippen MR) is 39.2 cm³/mol. The molecule has 0 aliphatic carbocycles. The Labute approximate surface area is 65.0 Å². The van der Waals surface area contributed by atoms with Crippen LogP contribution in [0.5, 0.6) is 0 Å². The molecule has 0 unspecified atom stereocenters. The molecule has 0 fully saturated rings. The molecule has 11 heavy (non-hydrogen) atoms. The Bertz CT molecular complexity index is 250. The number of furan rings is 1. The van der Waals surface area contributed by atoms with Gasteiger partial charge in [-0.15, -0.1) is 0 Å². The minimum atomic E-state index is -0.278. The summed E-state index contributed by atoms with van der Waals surface area (Å²) in [4.78, 5) is 10.7. The molecule has 0 aromatic carbocycles. The van der Waals surface area contributed by atoms with Gasteiger partial charge in [-0.05, 0) is 18.6 Å². The largest absolute Gasteiger partial charge is 0.469 e. The van der Waals surface area contributed by atoms with Crippen LogP contribution >= 0.6 is 0 Å². The SMILES string of the molecule is COC(=O)Cc1cc(C)co1. The van der Waals surface area contributed by atoms with E-state index in [4.69, 9.17) is 4.42 Å². The van der Waals surface area contributed by atoms with Gasteiger partial charge < -0.3 is 9.15 Å². The normalized spacial score (nSPS) is 9.64. The Hall–Kier alpha value is -1.25. The molecule has 1 heterocycles. The smallest absolute Gasteiger partial charge is 0.313 e. The number of ether oxygens (including phenoxy) is 1. The predicted octanol–water partition coefficient (Wildman–Crippen LogP) is 1.30. The second-order valence-corrected chi connectivity index (χ2v) is 2.34. The summed E-state index contributed by atoms with van der Waals surface area (Å²) in [5.41, 5.74) is 1.02. The van der Waals surface area contributed by atoms with Crippen LogP contribution < -0.4 is 0 Å². The zero-order chi connectivity index (χ0) is 8.27. The summed E-state index contributed by atoms with van der Waals surface area (Å²) in [7, 11) is 1.36. The van der Waals surface area contributed by atoms with Gasteiger partial charge in [-0.1, -0.05) is 0 Å². The molecule has 0 radical (unpaired) electrons. The van der Waals surface area contributed by atoms with Gasteiger partial charge in [0, 0.05) is 0 Å². The van der Waals surface area contributed by atoms with Crippen molar-refractivity contribution < 1.29 is 13.9 Å². The monoisotopic (exact) mass is 154 g/mol. The molecule has 3 nitrogen and oxygen atoms in total. The Balaban J connectivity index is 2.57. The van der Waals surface area contributed by atoms with E-state index in [1.54, 1.807) is 6.26 Å². The van der Waals surface area contributed by atoms with Crippen molar-refractivity contribution in [3.05, 3.63) is 23.7 Å². The van der Waals surface area contributed by atoms with Crippen LogP contribution in [0.4, 0.5) is 0 Å². The minimum Gasteiger partial charge on any atom is -0.469 e. The first-order valence-electron chi connectivity index (χ1n) is 3.33. The van der Waals surface area contributed by atoms with E-state index in [0.717, 1.165) is 5.56 Å². The molecule has 0 aliphatic heterocycles. The van der Waals surface area contributed by atoms with Gasteiger partial charge in [0.15, 0.2) is 0 Å². The van der Waals surface area contributed by atoms with E-state index in [1.807, 2.05) is 13.0 Å². The van der Waals surface area contributed by atoms with E-state index >= 15 is 0 Å². The second-order valence-electron chi connectivity index (χ2n) is 2.34. The first-order chi connectivity index (χ1) is 5.22. The summed E-state index contributed by atoms with van der Waals surface area (Å²) >= 11 is 0. The standard InChI is InChI=1S/C8H10O3/c1-6-3-7(11-5-6)4-8(9)10-2/h3,5H,4H2,1-2H3. The molecular weight excluding hydrogens is 144 g/mol. The van der Waals surface area contributed by atoms with Crippen LogP contribution in [-0.2, 0) is 16.0 Å². The van der Waals surface area contributed by atoms with Gasteiger partial charge in [-0.3, -0.25) is 4.79 Å². The van der Waals surface area contributed by atoms with Crippen molar-refractivity contribution in [3.63, 3.8) is 0 Å². The number of carbonyl (C=O) groups excluding carboxylic acids is 1. The molecule has 0 atom stereocenters. The highest BCUT2D eigenvalue weighted by atomic mass is 16.5. The van der Waals surface area contributed by atoms with E-state index in [9.17, 15) is 4.79 Å². The maximum atomic E-state index is 10.7. The fraction of sp³-hybridized carbons (Fsp3) is 0.375. The summed E-state index contributed by atoms with van der Waals surface area (Å²) in [5.74, 6) is 0.369. The van der Waals surface area contributed by atoms with E-state index in [1.165, 1.54) is 7.11 Å². The average molecular weight is 154 g/mol. The molecule has 0 spiro atoms. The Morgan fingerprint density at radius 1 is 1.73 bits per heavy atom. The summed E-state index contributed by atoms with van der Waals surface area (Å²) in [6, 6.07) is 1.82. The molecule has 0 amide bonds. The third-order valence-corrected chi connectivity index (χ3v) is 1.33. The Morgan fingerprint density at radius 3 is 2.91 bits per heavy atom. The topological polar surface area (TPSA) is 39.4 Å². The highest BCUT2D eigenvalue weighted by Crippen LogP contribution is 2.06. The van der Waals surface area contributed by atoms with Crippen LogP contribution in [-0.4, -0.2) is 13.1 Å². The molecular formula is C8H10O3. The van der Waals surface area contributed by atoms with Gasteiger partial charge in [-0.2, -0.15) is 0 Å². The molecule has 0 aliphatic rings. The van der Waals surface area contributed by atoms with Crippen LogP contribution in [0.15, 0.2) is 16.7 Å². The first-order valence-corrected chi connectivity index (χ1v) is 3.33. The van der Waals surface area contributed by atoms with Crippen LogP contribution in [0.1, 0.15) is 11.3 Å². The Morgan fingerprint density at radius 2 is 2.45 bits per heavy atom. The number of carbonyl (C=O) groups is 1. The number of methoxy groups -OCH3 is 1. The average Bonchev–Trinajstić information content (AvgIpc) is 2.35. The van der Waals surface area contributed by atoms with Crippen molar-refractivity contribution in [3.8, 4) is 0 Å². The van der Waals surface area contributed by atoms with Crippen LogP contribution in [0.25, 0.3) is 0 Å². The van der Waals surface area contributed by atoms with Crippen molar-refractivity contribution in [1.29, 1.82) is 0 Å². The minimum absolute atomic E-state index is 0.213. The van der Waals surface area contributed by atoms with E-state index in [0.29, 0.717) is 5.76 Å². The quantitative estimate of drug-likeness (QED) is 0.603. The first kappa shape index (κ1) is 7.85. The molecule has 0 saturated heterocycles. The molecule has 1 aromatic rings. The molecule has 1 aromatic heterocycles. The van der Waals surface area contributed by atoms with Crippen molar-refractivity contribution >= 4 is 5.97 Å². The highest BCUT2D eigenvalue weighted by molar-refractivity contribution is 5.71. The number of hydrogen-bond donors (Lipinski definition) is 0. The number of esters is 1. The summed E-state index contributed by atoms with van der Waals surface area (Å²) < 4.78 is 9.50. The molecule has 3 heteroatoms. The molecule has 0 saturated carbocycles. The van der Waals surface area contributed by atoms with Crippen molar-refractivity contribution in [2.45, 2.75) is 13.3 Å². The van der Waals surface area contributed by atoms with E-state index < -0.39 is 0 Å². The number of aryl methyl sites for hydroxylation is 1. The highest BCUT2D eigenvalue weighted by Gasteiger charge is 2.05. The van der Waals surface area contributed by atoms with Crippen molar-refractivity contribution in [2.24, 2.45) is 0 Å². The van der Waals surface area contributed by atoms with Crippen LogP contribution in [0.2, 0.25) is 0 Å². The maximum absolute atomic E-state index is 10.7. The zero-order valence-corrected chi connectivity index (χ0v) is 6.59.